The second-order valence-corrected chi connectivity index (χ2v) is 8.65. The van der Waals surface area contributed by atoms with E-state index in [4.69, 9.17) is 27.9 Å². The number of rotatable bonds is 6. The van der Waals surface area contributed by atoms with Crippen LogP contribution in [0.4, 0.5) is 5.82 Å². The van der Waals surface area contributed by atoms with Gasteiger partial charge in [0, 0.05) is 0 Å². The number of hydrogen-bond donors (Lipinski definition) is 1. The monoisotopic (exact) mass is 437 g/mol. The number of sulfonamides is 1. The third-order valence-corrected chi connectivity index (χ3v) is 5.83. The molecule has 0 bridgehead atoms. The minimum absolute atomic E-state index is 0.0420. The lowest BCUT2D eigenvalue weighted by atomic mass is 10.0. The average Bonchev–Trinajstić information content (AvgIpc) is 2.66. The molecule has 9 heteroatoms. The van der Waals surface area contributed by atoms with Gasteiger partial charge in [0.05, 0.1) is 9.92 Å². The number of hydrogen-bond acceptors (Lipinski definition) is 5. The molecule has 0 aliphatic rings. The molecule has 0 aliphatic heterocycles. The van der Waals surface area contributed by atoms with E-state index in [1.807, 2.05) is 13.8 Å². The number of anilines is 1. The third kappa shape index (κ3) is 4.55. The molecule has 3 aromatic rings. The molecule has 0 saturated heterocycles. The number of aromatic nitrogens is 2. The SMILES string of the molecule is CC(C)c1ccc(S(=O)(=O)Nc2ncnc(Cl)c2Oc2ccccc2Cl)cc1. The topological polar surface area (TPSA) is 81.2 Å². The first-order chi connectivity index (χ1) is 13.3. The summed E-state index contributed by atoms with van der Waals surface area (Å²) < 4.78 is 33.6. The molecule has 0 saturated carbocycles. The molecule has 0 atom stereocenters. The van der Waals surface area contributed by atoms with E-state index in [-0.39, 0.29) is 21.6 Å². The fourth-order valence-electron chi connectivity index (χ4n) is 2.37. The molecule has 0 radical (unpaired) electrons. The van der Waals surface area contributed by atoms with Crippen molar-refractivity contribution < 1.29 is 13.2 Å². The van der Waals surface area contributed by atoms with Crippen LogP contribution < -0.4 is 9.46 Å². The molecule has 0 amide bonds. The summed E-state index contributed by atoms with van der Waals surface area (Å²) >= 11 is 12.2. The van der Waals surface area contributed by atoms with E-state index in [2.05, 4.69) is 14.7 Å². The van der Waals surface area contributed by atoms with Crippen LogP contribution in [0.25, 0.3) is 0 Å². The minimum Gasteiger partial charge on any atom is -0.449 e. The molecular formula is C19H17Cl2N3O3S. The Morgan fingerprint density at radius 3 is 2.32 bits per heavy atom. The summed E-state index contributed by atoms with van der Waals surface area (Å²) in [6, 6.07) is 13.3. The lowest BCUT2D eigenvalue weighted by Gasteiger charge is -2.14. The molecule has 0 aliphatic carbocycles. The Morgan fingerprint density at radius 2 is 1.68 bits per heavy atom. The predicted octanol–water partition coefficient (Wildman–Crippen LogP) is 5.50. The van der Waals surface area contributed by atoms with Gasteiger partial charge in [-0.2, -0.15) is 0 Å². The van der Waals surface area contributed by atoms with Crippen LogP contribution in [0.3, 0.4) is 0 Å². The summed E-state index contributed by atoms with van der Waals surface area (Å²) in [7, 11) is -3.91. The Kier molecular flexibility index (Phi) is 6.07. The standard InChI is InChI=1S/C19H17Cl2N3O3S/c1-12(2)13-7-9-14(10-8-13)28(25,26)24-19-17(18(21)22-11-23-19)27-16-6-4-3-5-15(16)20/h3-12H,1-2H3,(H,22,23,24). The van der Waals surface area contributed by atoms with E-state index in [9.17, 15) is 8.42 Å². The highest BCUT2D eigenvalue weighted by molar-refractivity contribution is 7.92. The number of nitrogens with zero attached hydrogens (tertiary/aromatic N) is 2. The number of halogens is 2. The predicted molar refractivity (Wildman–Crippen MR) is 110 cm³/mol. The Morgan fingerprint density at radius 1 is 1.00 bits per heavy atom. The highest BCUT2D eigenvalue weighted by atomic mass is 35.5. The molecular weight excluding hydrogens is 421 g/mol. The summed E-state index contributed by atoms with van der Waals surface area (Å²) in [5.41, 5.74) is 1.03. The molecule has 28 heavy (non-hydrogen) atoms. The smallest absolute Gasteiger partial charge is 0.263 e. The van der Waals surface area contributed by atoms with Crippen molar-refractivity contribution in [1.82, 2.24) is 9.97 Å². The van der Waals surface area contributed by atoms with Crippen LogP contribution in [0.2, 0.25) is 10.2 Å². The van der Waals surface area contributed by atoms with Crippen molar-refractivity contribution in [1.29, 1.82) is 0 Å². The average molecular weight is 438 g/mol. The normalized spacial score (nSPS) is 11.5. The van der Waals surface area contributed by atoms with Gasteiger partial charge >= 0.3 is 0 Å². The number of ether oxygens (including phenoxy) is 1. The Bertz CT molecular complexity index is 1090. The Hall–Kier alpha value is -2.35. The van der Waals surface area contributed by atoms with Crippen molar-refractivity contribution in [3.63, 3.8) is 0 Å². The highest BCUT2D eigenvalue weighted by Crippen LogP contribution is 2.37. The second-order valence-electron chi connectivity index (χ2n) is 6.20. The zero-order valence-electron chi connectivity index (χ0n) is 15.1. The highest BCUT2D eigenvalue weighted by Gasteiger charge is 2.21. The quantitative estimate of drug-likeness (QED) is 0.514. The molecule has 0 fully saturated rings. The first-order valence-electron chi connectivity index (χ1n) is 8.33. The van der Waals surface area contributed by atoms with Crippen LogP contribution in [0.1, 0.15) is 25.3 Å². The van der Waals surface area contributed by atoms with Gasteiger partial charge in [0.1, 0.15) is 12.1 Å². The van der Waals surface area contributed by atoms with Gasteiger partial charge in [-0.25, -0.2) is 18.4 Å². The number of benzene rings is 2. The molecule has 1 aromatic heterocycles. The maximum absolute atomic E-state index is 12.8. The molecule has 0 spiro atoms. The molecule has 2 aromatic carbocycles. The molecule has 146 valence electrons. The van der Waals surface area contributed by atoms with E-state index in [1.165, 1.54) is 12.1 Å². The Labute approximate surface area is 173 Å². The van der Waals surface area contributed by atoms with Crippen LogP contribution >= 0.6 is 23.2 Å². The van der Waals surface area contributed by atoms with Crippen molar-refractivity contribution in [2.24, 2.45) is 0 Å². The van der Waals surface area contributed by atoms with Crippen molar-refractivity contribution >= 4 is 39.0 Å². The van der Waals surface area contributed by atoms with Gasteiger partial charge in [-0.05, 0) is 35.7 Å². The van der Waals surface area contributed by atoms with Crippen molar-refractivity contribution in [3.05, 3.63) is 70.6 Å². The van der Waals surface area contributed by atoms with Crippen LogP contribution in [-0.4, -0.2) is 18.4 Å². The van der Waals surface area contributed by atoms with Gasteiger partial charge < -0.3 is 4.74 Å². The molecule has 0 unspecified atom stereocenters. The van der Waals surface area contributed by atoms with Crippen LogP contribution in [-0.2, 0) is 10.0 Å². The maximum Gasteiger partial charge on any atom is 0.263 e. The minimum atomic E-state index is -3.91. The van der Waals surface area contributed by atoms with E-state index in [1.54, 1.807) is 36.4 Å². The fraction of sp³-hybridized carbons (Fsp3) is 0.158. The third-order valence-electron chi connectivity index (χ3n) is 3.90. The van der Waals surface area contributed by atoms with Crippen molar-refractivity contribution in [2.45, 2.75) is 24.7 Å². The van der Waals surface area contributed by atoms with Gasteiger partial charge in [0.2, 0.25) is 5.75 Å². The van der Waals surface area contributed by atoms with E-state index in [0.29, 0.717) is 16.7 Å². The zero-order valence-corrected chi connectivity index (χ0v) is 17.4. The van der Waals surface area contributed by atoms with Crippen LogP contribution in [0.5, 0.6) is 11.5 Å². The van der Waals surface area contributed by atoms with Gasteiger partial charge in [-0.15, -0.1) is 0 Å². The van der Waals surface area contributed by atoms with Gasteiger partial charge in [0.25, 0.3) is 10.0 Å². The summed E-state index contributed by atoms with van der Waals surface area (Å²) in [5.74, 6) is 0.455. The largest absolute Gasteiger partial charge is 0.449 e. The molecule has 1 heterocycles. The first kappa shape index (κ1) is 20.4. The molecule has 1 N–H and O–H groups in total. The summed E-state index contributed by atoms with van der Waals surface area (Å²) in [6.07, 6.45) is 1.14. The van der Waals surface area contributed by atoms with Crippen molar-refractivity contribution in [2.75, 3.05) is 4.72 Å². The lowest BCUT2D eigenvalue weighted by molar-refractivity contribution is 0.480. The van der Waals surface area contributed by atoms with Gasteiger partial charge in [-0.1, -0.05) is 61.3 Å². The van der Waals surface area contributed by atoms with E-state index in [0.717, 1.165) is 11.9 Å². The fourth-order valence-corrected chi connectivity index (χ4v) is 3.73. The van der Waals surface area contributed by atoms with Crippen molar-refractivity contribution in [3.8, 4) is 11.5 Å². The second kappa shape index (κ2) is 8.34. The van der Waals surface area contributed by atoms with Crippen LogP contribution in [0, 0.1) is 0 Å². The van der Waals surface area contributed by atoms with Crippen LogP contribution in [0.15, 0.2) is 59.8 Å². The maximum atomic E-state index is 12.8. The number of para-hydroxylation sites is 1. The zero-order chi connectivity index (χ0) is 20.3. The lowest BCUT2D eigenvalue weighted by Crippen LogP contribution is -2.15. The Balaban J connectivity index is 1.93. The summed E-state index contributed by atoms with van der Waals surface area (Å²) in [6.45, 7) is 4.06. The first-order valence-corrected chi connectivity index (χ1v) is 10.6. The number of nitrogens with one attached hydrogen (secondary N) is 1. The van der Waals surface area contributed by atoms with E-state index < -0.39 is 10.0 Å². The molecule has 3 rings (SSSR count). The van der Waals surface area contributed by atoms with E-state index >= 15 is 0 Å². The molecule has 6 nitrogen and oxygen atoms in total. The summed E-state index contributed by atoms with van der Waals surface area (Å²) in [5, 5.41) is 0.281. The van der Waals surface area contributed by atoms with Gasteiger partial charge in [0.15, 0.2) is 11.0 Å². The summed E-state index contributed by atoms with van der Waals surface area (Å²) in [4.78, 5) is 7.91. The van der Waals surface area contributed by atoms with Gasteiger partial charge in [-0.3, -0.25) is 4.72 Å².